The van der Waals surface area contributed by atoms with Crippen LogP contribution in [0.3, 0.4) is 0 Å². The van der Waals surface area contributed by atoms with E-state index in [-0.39, 0.29) is 18.4 Å². The summed E-state index contributed by atoms with van der Waals surface area (Å²) in [5, 5.41) is 5.75. The van der Waals surface area contributed by atoms with Crippen LogP contribution in [0.2, 0.25) is 0 Å². The number of hydrogen-bond acceptors (Lipinski definition) is 7. The quantitative estimate of drug-likeness (QED) is 0.595. The molecule has 40 heavy (non-hydrogen) atoms. The van der Waals surface area contributed by atoms with E-state index >= 15 is 0 Å². The lowest BCUT2D eigenvalue weighted by atomic mass is 10.1. The first-order valence-electron chi connectivity index (χ1n) is 14.2. The van der Waals surface area contributed by atoms with Crippen LogP contribution in [0.1, 0.15) is 56.6 Å². The van der Waals surface area contributed by atoms with Crippen LogP contribution < -0.4 is 20.1 Å². The van der Waals surface area contributed by atoms with Gasteiger partial charge in [-0.3, -0.25) is 19.3 Å². The number of fused-ring (bicyclic) bond motifs is 2. The first-order chi connectivity index (χ1) is 19.3. The average molecular weight is 557 g/mol. The molecule has 0 unspecified atom stereocenters. The maximum atomic E-state index is 12.8. The number of carbonyl (C=O) groups is 3. The number of carbonyl (C=O) groups excluding carboxylic acids is 3. The number of furan rings is 1. The first-order valence-corrected chi connectivity index (χ1v) is 14.2. The van der Waals surface area contributed by atoms with E-state index in [1.807, 2.05) is 18.2 Å². The second-order valence-corrected chi connectivity index (χ2v) is 10.2. The van der Waals surface area contributed by atoms with Crippen molar-refractivity contribution in [2.45, 2.75) is 65.0 Å². The van der Waals surface area contributed by atoms with Crippen molar-refractivity contribution in [3.63, 3.8) is 0 Å². The zero-order chi connectivity index (χ0) is 28.9. The molecule has 1 aliphatic heterocycles. The molecule has 1 aromatic carbocycles. The first kappa shape index (κ1) is 31.0. The van der Waals surface area contributed by atoms with Crippen LogP contribution in [-0.2, 0) is 33.8 Å². The molecular weight excluding hydrogens is 512 g/mol. The van der Waals surface area contributed by atoms with Gasteiger partial charge in [0.15, 0.2) is 18.1 Å². The minimum Gasteiger partial charge on any atom is -0.493 e. The van der Waals surface area contributed by atoms with Crippen molar-refractivity contribution in [2.24, 2.45) is 0 Å². The van der Waals surface area contributed by atoms with Gasteiger partial charge in [0.25, 0.3) is 5.91 Å². The number of hydrogen-bond donors (Lipinski definition) is 2. The number of nitrogens with zero attached hydrogens (tertiary/aromatic N) is 2. The predicted molar refractivity (Wildman–Crippen MR) is 152 cm³/mol. The van der Waals surface area contributed by atoms with Crippen LogP contribution in [-0.4, -0.2) is 80.5 Å². The number of nitrogens with one attached hydrogen (secondary N) is 2. The molecule has 1 aromatic heterocycles. The molecule has 0 saturated heterocycles. The molecule has 2 bridgehead atoms. The van der Waals surface area contributed by atoms with Crippen LogP contribution in [0.4, 0.5) is 0 Å². The summed E-state index contributed by atoms with van der Waals surface area (Å²) in [6, 6.07) is 8.80. The van der Waals surface area contributed by atoms with E-state index in [0.717, 1.165) is 55.9 Å². The zero-order valence-corrected chi connectivity index (χ0v) is 24.3. The summed E-state index contributed by atoms with van der Waals surface area (Å²) in [5.41, 5.74) is 0.898. The molecule has 0 spiro atoms. The zero-order valence-electron chi connectivity index (χ0n) is 24.3. The monoisotopic (exact) mass is 556 g/mol. The predicted octanol–water partition coefficient (Wildman–Crippen LogP) is 2.93. The number of likely N-dealkylation sites (N-methyl/N-ethyl adjacent to an activating group) is 1. The molecule has 0 radical (unpaired) electrons. The Hall–Kier alpha value is -3.53. The van der Waals surface area contributed by atoms with Crippen molar-refractivity contribution in [1.82, 2.24) is 20.4 Å². The van der Waals surface area contributed by atoms with E-state index in [1.54, 1.807) is 31.0 Å². The van der Waals surface area contributed by atoms with E-state index in [2.05, 4.69) is 22.5 Å². The van der Waals surface area contributed by atoms with Crippen LogP contribution >= 0.6 is 0 Å². The van der Waals surface area contributed by atoms with Gasteiger partial charge in [-0.05, 0) is 69.0 Å². The maximum absolute atomic E-state index is 12.8. The topological polar surface area (TPSA) is 113 Å². The number of aryl methyl sites for hydroxylation is 2. The Labute approximate surface area is 237 Å². The molecule has 0 aliphatic carbocycles. The van der Waals surface area contributed by atoms with Crippen molar-refractivity contribution in [3.05, 3.63) is 47.4 Å². The van der Waals surface area contributed by atoms with E-state index in [1.165, 1.54) is 7.11 Å². The Morgan fingerprint density at radius 2 is 1.73 bits per heavy atom. The van der Waals surface area contributed by atoms with E-state index in [0.29, 0.717) is 44.0 Å². The molecule has 3 amide bonds. The van der Waals surface area contributed by atoms with E-state index < -0.39 is 11.9 Å². The normalized spacial score (nSPS) is 19.6. The fourth-order valence-corrected chi connectivity index (χ4v) is 4.67. The highest BCUT2D eigenvalue weighted by atomic mass is 16.5. The van der Waals surface area contributed by atoms with Gasteiger partial charge in [0.1, 0.15) is 17.6 Å². The molecule has 220 valence electrons. The number of amides is 3. The molecule has 0 fully saturated rings. The van der Waals surface area contributed by atoms with E-state index in [9.17, 15) is 14.4 Å². The second-order valence-electron chi connectivity index (χ2n) is 10.2. The van der Waals surface area contributed by atoms with Crippen LogP contribution in [0.5, 0.6) is 11.5 Å². The van der Waals surface area contributed by atoms with Crippen molar-refractivity contribution >= 4 is 17.7 Å². The molecule has 1 aliphatic rings. The highest BCUT2D eigenvalue weighted by Crippen LogP contribution is 2.28. The lowest BCUT2D eigenvalue weighted by Crippen LogP contribution is -2.47. The molecule has 2 aromatic rings. The van der Waals surface area contributed by atoms with Crippen LogP contribution in [0.25, 0.3) is 0 Å². The lowest BCUT2D eigenvalue weighted by molar-refractivity contribution is -0.135. The van der Waals surface area contributed by atoms with Gasteiger partial charge < -0.3 is 29.4 Å². The van der Waals surface area contributed by atoms with Gasteiger partial charge in [-0.1, -0.05) is 13.0 Å². The molecule has 3 rings (SSSR count). The van der Waals surface area contributed by atoms with Gasteiger partial charge in [0.2, 0.25) is 11.8 Å². The Morgan fingerprint density at radius 1 is 0.975 bits per heavy atom. The van der Waals surface area contributed by atoms with Gasteiger partial charge in [0, 0.05) is 39.5 Å². The largest absolute Gasteiger partial charge is 0.493 e. The van der Waals surface area contributed by atoms with Gasteiger partial charge >= 0.3 is 0 Å². The minimum atomic E-state index is -0.672. The van der Waals surface area contributed by atoms with Crippen LogP contribution in [0, 0.1) is 0 Å². The summed E-state index contributed by atoms with van der Waals surface area (Å²) < 4.78 is 17.0. The minimum absolute atomic E-state index is 0.00771. The van der Waals surface area contributed by atoms with Crippen molar-refractivity contribution < 1.29 is 28.3 Å². The van der Waals surface area contributed by atoms with Crippen molar-refractivity contribution in [2.75, 3.05) is 46.9 Å². The Kier molecular flexibility index (Phi) is 12.3. The third kappa shape index (κ3) is 9.89. The third-order valence-corrected chi connectivity index (χ3v) is 6.99. The van der Waals surface area contributed by atoms with Gasteiger partial charge in [-0.15, -0.1) is 0 Å². The summed E-state index contributed by atoms with van der Waals surface area (Å²) >= 11 is 0. The van der Waals surface area contributed by atoms with Gasteiger partial charge in [-0.25, -0.2) is 0 Å². The highest BCUT2D eigenvalue weighted by molar-refractivity contribution is 5.87. The lowest BCUT2D eigenvalue weighted by Gasteiger charge is -2.24. The highest BCUT2D eigenvalue weighted by Gasteiger charge is 2.20. The third-order valence-electron chi connectivity index (χ3n) is 6.99. The summed E-state index contributed by atoms with van der Waals surface area (Å²) in [5.74, 6) is 2.25. The van der Waals surface area contributed by atoms with Gasteiger partial charge in [-0.2, -0.15) is 0 Å². The molecular formula is C30H44N4O6. The number of rotatable bonds is 4. The second kappa shape index (κ2) is 15.9. The average Bonchev–Trinajstić information content (AvgIpc) is 3.41. The Morgan fingerprint density at radius 3 is 2.48 bits per heavy atom. The SMILES string of the molecule is CCc1ccc(CN2CCCCN(C)C(=O)[C@H](C)NC(=O)COc3cc(ccc3OC)CCC(=O)NCCC2)o1. The maximum Gasteiger partial charge on any atom is 0.258 e. The molecule has 1 atom stereocenters. The van der Waals surface area contributed by atoms with Crippen molar-refractivity contribution in [1.29, 1.82) is 0 Å². The summed E-state index contributed by atoms with van der Waals surface area (Å²) in [6.45, 7) is 7.04. The number of benzene rings is 1. The number of methoxy groups -OCH3 is 1. The fraction of sp³-hybridized carbons (Fsp3) is 0.567. The van der Waals surface area contributed by atoms with Crippen molar-refractivity contribution in [3.8, 4) is 11.5 Å². The summed E-state index contributed by atoms with van der Waals surface area (Å²) in [7, 11) is 3.28. The Balaban J connectivity index is 1.68. The number of ether oxygens (including phenoxy) is 2. The summed E-state index contributed by atoms with van der Waals surface area (Å²) in [4.78, 5) is 41.9. The van der Waals surface area contributed by atoms with Gasteiger partial charge in [0.05, 0.1) is 13.7 Å². The van der Waals surface area contributed by atoms with Crippen LogP contribution in [0.15, 0.2) is 34.7 Å². The fourth-order valence-electron chi connectivity index (χ4n) is 4.67. The van der Waals surface area contributed by atoms with E-state index in [4.69, 9.17) is 13.9 Å². The smallest absolute Gasteiger partial charge is 0.258 e. The standard InChI is InChI=1S/C30H44N4O6/c1-5-24-11-12-25(40-24)20-34-17-7-6-16-33(3)30(37)22(2)32-29(36)21-39-27-19-23(9-13-26(27)38-4)10-14-28(35)31-15-8-18-34/h9,11-13,19,22H,5-8,10,14-18,20-21H2,1-4H3,(H,31,35)(H,32,36)/t22-/m0/s1. The summed E-state index contributed by atoms with van der Waals surface area (Å²) in [6.07, 6.45) is 4.28. The molecule has 2 N–H and O–H groups in total. The molecule has 10 heteroatoms. The molecule has 0 saturated carbocycles. The molecule has 10 nitrogen and oxygen atoms in total. The molecule has 2 heterocycles. The Bertz CT molecular complexity index is 1120.